The molecule has 1 aromatic rings. The van der Waals surface area contributed by atoms with Crippen molar-refractivity contribution in [2.75, 3.05) is 57.4 Å². The monoisotopic (exact) mass is 445 g/mol. The van der Waals surface area contributed by atoms with Gasteiger partial charge < -0.3 is 20.3 Å². The van der Waals surface area contributed by atoms with Crippen molar-refractivity contribution in [3.8, 4) is 0 Å². The minimum Gasteiger partial charge on any atom is -0.381 e. The molecule has 0 saturated carbocycles. The predicted molar refractivity (Wildman–Crippen MR) is 129 cm³/mol. The molecule has 1 atom stereocenters. The minimum absolute atomic E-state index is 0.125. The third-order valence-corrected chi connectivity index (χ3v) is 7.28. The first-order chi connectivity index (χ1) is 15.6. The molecular formula is C25H40FN5O. The van der Waals surface area contributed by atoms with Crippen molar-refractivity contribution < 1.29 is 9.13 Å². The number of aliphatic imine (C=N–C) groups is 1. The molecule has 6 nitrogen and oxygen atoms in total. The van der Waals surface area contributed by atoms with Gasteiger partial charge in [0.05, 0.1) is 12.2 Å². The molecule has 0 aromatic heterocycles. The standard InChI is InChI=1S/C25H40FN5O/c1-3-27-24(28-19-25(10-15-32-16-11-25)31-13-4-5-14-31)29-21-7-6-12-30(18-21)23-17-20(2)8-9-22(23)26/h8-9,17,21H,3-7,10-16,18-19H2,1-2H3,(H2,27,28,29). The molecular weight excluding hydrogens is 405 g/mol. The third-order valence-electron chi connectivity index (χ3n) is 7.28. The van der Waals surface area contributed by atoms with Crippen LogP contribution < -0.4 is 15.5 Å². The number of hydrogen-bond acceptors (Lipinski definition) is 4. The molecule has 0 amide bonds. The summed E-state index contributed by atoms with van der Waals surface area (Å²) in [4.78, 5) is 9.92. The molecule has 3 aliphatic rings. The average Bonchev–Trinajstić information content (AvgIpc) is 3.36. The van der Waals surface area contributed by atoms with Crippen molar-refractivity contribution in [1.82, 2.24) is 15.5 Å². The van der Waals surface area contributed by atoms with Gasteiger partial charge in [-0.05, 0) is 83.2 Å². The first-order valence-corrected chi connectivity index (χ1v) is 12.5. The summed E-state index contributed by atoms with van der Waals surface area (Å²) in [5, 5.41) is 7.11. The second kappa shape index (κ2) is 10.8. The van der Waals surface area contributed by atoms with Gasteiger partial charge in [0.25, 0.3) is 0 Å². The number of nitrogens with one attached hydrogen (secondary N) is 2. The summed E-state index contributed by atoms with van der Waals surface area (Å²) in [6.45, 7) is 11.5. The number of likely N-dealkylation sites (tertiary alicyclic amines) is 1. The fourth-order valence-electron chi connectivity index (χ4n) is 5.44. The smallest absolute Gasteiger partial charge is 0.191 e. The highest BCUT2D eigenvalue weighted by Gasteiger charge is 2.39. The van der Waals surface area contributed by atoms with Gasteiger partial charge >= 0.3 is 0 Å². The lowest BCUT2D eigenvalue weighted by molar-refractivity contribution is -0.0139. The van der Waals surface area contributed by atoms with Crippen LogP contribution in [-0.2, 0) is 4.74 Å². The van der Waals surface area contributed by atoms with Gasteiger partial charge in [0, 0.05) is 44.4 Å². The van der Waals surface area contributed by atoms with E-state index in [2.05, 4.69) is 27.4 Å². The molecule has 4 rings (SSSR count). The van der Waals surface area contributed by atoms with Gasteiger partial charge in [0.1, 0.15) is 5.82 Å². The van der Waals surface area contributed by atoms with Crippen LogP contribution in [0, 0.1) is 12.7 Å². The molecule has 0 spiro atoms. The average molecular weight is 446 g/mol. The first-order valence-electron chi connectivity index (χ1n) is 12.5. The predicted octanol–water partition coefficient (Wildman–Crippen LogP) is 3.30. The molecule has 3 fully saturated rings. The zero-order chi connectivity index (χ0) is 22.4. The maximum absolute atomic E-state index is 14.5. The molecule has 178 valence electrons. The number of rotatable bonds is 6. The summed E-state index contributed by atoms with van der Waals surface area (Å²) in [6.07, 6.45) is 6.80. The molecule has 1 unspecified atom stereocenters. The van der Waals surface area contributed by atoms with Gasteiger partial charge in [0.15, 0.2) is 5.96 Å². The van der Waals surface area contributed by atoms with Crippen LogP contribution >= 0.6 is 0 Å². The van der Waals surface area contributed by atoms with Gasteiger partial charge in [-0.2, -0.15) is 0 Å². The van der Waals surface area contributed by atoms with Crippen molar-refractivity contribution in [1.29, 1.82) is 0 Å². The maximum atomic E-state index is 14.5. The minimum atomic E-state index is -0.135. The molecule has 0 radical (unpaired) electrons. The van der Waals surface area contributed by atoms with Gasteiger partial charge in [-0.15, -0.1) is 0 Å². The van der Waals surface area contributed by atoms with E-state index in [0.717, 1.165) is 76.6 Å². The van der Waals surface area contributed by atoms with Crippen molar-refractivity contribution in [3.63, 3.8) is 0 Å². The normalized spacial score (nSPS) is 24.5. The Bertz CT molecular complexity index is 774. The summed E-state index contributed by atoms with van der Waals surface area (Å²) in [5.41, 5.74) is 1.93. The van der Waals surface area contributed by atoms with Crippen molar-refractivity contribution in [2.24, 2.45) is 4.99 Å². The van der Waals surface area contributed by atoms with Gasteiger partial charge in [-0.1, -0.05) is 6.07 Å². The van der Waals surface area contributed by atoms with Crippen LogP contribution in [0.2, 0.25) is 0 Å². The fourth-order valence-corrected chi connectivity index (χ4v) is 5.44. The van der Waals surface area contributed by atoms with E-state index >= 15 is 0 Å². The number of aryl methyl sites for hydroxylation is 1. The summed E-state index contributed by atoms with van der Waals surface area (Å²) >= 11 is 0. The number of halogens is 1. The van der Waals surface area contributed by atoms with E-state index in [-0.39, 0.29) is 17.4 Å². The van der Waals surface area contributed by atoms with E-state index in [9.17, 15) is 4.39 Å². The molecule has 7 heteroatoms. The molecule has 0 bridgehead atoms. The maximum Gasteiger partial charge on any atom is 0.191 e. The van der Waals surface area contributed by atoms with E-state index in [0.29, 0.717) is 5.69 Å². The van der Waals surface area contributed by atoms with E-state index in [1.807, 2.05) is 19.1 Å². The van der Waals surface area contributed by atoms with Crippen LogP contribution in [0.1, 0.15) is 51.0 Å². The number of anilines is 1. The van der Waals surface area contributed by atoms with Gasteiger partial charge in [-0.3, -0.25) is 9.89 Å². The van der Waals surface area contributed by atoms with Crippen LogP contribution in [-0.4, -0.2) is 74.9 Å². The number of piperidine rings is 1. The number of nitrogens with zero attached hydrogens (tertiary/aromatic N) is 3. The lowest BCUT2D eigenvalue weighted by Gasteiger charge is -2.43. The van der Waals surface area contributed by atoms with E-state index < -0.39 is 0 Å². The molecule has 3 aliphatic heterocycles. The molecule has 3 heterocycles. The van der Waals surface area contributed by atoms with Gasteiger partial charge in [0.2, 0.25) is 0 Å². The summed E-state index contributed by atoms with van der Waals surface area (Å²) < 4.78 is 20.2. The largest absolute Gasteiger partial charge is 0.381 e. The van der Waals surface area contributed by atoms with Crippen molar-refractivity contribution >= 4 is 11.6 Å². The topological polar surface area (TPSA) is 52.1 Å². The first kappa shape index (κ1) is 23.3. The fraction of sp³-hybridized carbons (Fsp3) is 0.720. The second-order valence-corrected chi connectivity index (χ2v) is 9.61. The zero-order valence-corrected chi connectivity index (χ0v) is 19.8. The Labute approximate surface area is 192 Å². The zero-order valence-electron chi connectivity index (χ0n) is 19.8. The Hall–Kier alpha value is -1.86. The number of benzene rings is 1. The Morgan fingerprint density at radius 3 is 2.72 bits per heavy atom. The van der Waals surface area contributed by atoms with Crippen LogP contribution in [0.4, 0.5) is 10.1 Å². The summed E-state index contributed by atoms with van der Waals surface area (Å²) in [6, 6.07) is 5.63. The van der Waals surface area contributed by atoms with Crippen molar-refractivity contribution in [2.45, 2.75) is 64.0 Å². The number of ether oxygens (including phenoxy) is 1. The highest BCUT2D eigenvalue weighted by molar-refractivity contribution is 5.80. The van der Waals surface area contributed by atoms with Gasteiger partial charge in [-0.25, -0.2) is 4.39 Å². The Morgan fingerprint density at radius 1 is 1.19 bits per heavy atom. The highest BCUT2D eigenvalue weighted by atomic mass is 19.1. The second-order valence-electron chi connectivity index (χ2n) is 9.61. The van der Waals surface area contributed by atoms with Crippen LogP contribution in [0.15, 0.2) is 23.2 Å². The lowest BCUT2D eigenvalue weighted by atomic mass is 9.88. The Balaban J connectivity index is 1.44. The quantitative estimate of drug-likeness (QED) is 0.520. The molecule has 2 N–H and O–H groups in total. The molecule has 1 aromatic carbocycles. The summed E-state index contributed by atoms with van der Waals surface area (Å²) in [5.74, 6) is 0.748. The molecule has 0 aliphatic carbocycles. The Morgan fingerprint density at radius 2 is 1.97 bits per heavy atom. The highest BCUT2D eigenvalue weighted by Crippen LogP contribution is 2.31. The van der Waals surface area contributed by atoms with E-state index in [1.54, 1.807) is 6.07 Å². The van der Waals surface area contributed by atoms with Crippen LogP contribution in [0.5, 0.6) is 0 Å². The van der Waals surface area contributed by atoms with Crippen molar-refractivity contribution in [3.05, 3.63) is 29.6 Å². The molecule has 32 heavy (non-hydrogen) atoms. The number of guanidine groups is 1. The lowest BCUT2D eigenvalue weighted by Crippen LogP contribution is -2.55. The van der Waals surface area contributed by atoms with Crippen LogP contribution in [0.25, 0.3) is 0 Å². The van der Waals surface area contributed by atoms with E-state index in [4.69, 9.17) is 9.73 Å². The van der Waals surface area contributed by atoms with Crippen LogP contribution in [0.3, 0.4) is 0 Å². The molecule has 3 saturated heterocycles. The number of hydrogen-bond donors (Lipinski definition) is 2. The Kier molecular flexibility index (Phi) is 7.89. The van der Waals surface area contributed by atoms with E-state index in [1.165, 1.54) is 25.9 Å². The third kappa shape index (κ3) is 5.54. The summed E-state index contributed by atoms with van der Waals surface area (Å²) in [7, 11) is 0. The SMILES string of the molecule is CCNC(=NCC1(N2CCCC2)CCOCC1)NC1CCCN(c2cc(C)ccc2F)C1.